The maximum atomic E-state index is 13.2. The summed E-state index contributed by atoms with van der Waals surface area (Å²) in [5, 5.41) is 1.97. The fraction of sp³-hybridized carbons (Fsp3) is 0.125. The van der Waals surface area contributed by atoms with Crippen molar-refractivity contribution in [1.82, 2.24) is 0 Å². The molecule has 0 unspecified atom stereocenters. The Morgan fingerprint density at radius 2 is 1.58 bits per heavy atom. The first-order chi connectivity index (χ1) is 15.8. The van der Waals surface area contributed by atoms with Crippen molar-refractivity contribution in [2.24, 2.45) is 4.40 Å². The Kier molecular flexibility index (Phi) is 6.62. The van der Waals surface area contributed by atoms with Gasteiger partial charge >= 0.3 is 0 Å². The molecule has 3 aromatic carbocycles. The molecular formula is C24H21N3O4S2. The SMILES string of the molecule is Cc1ccc(S(=O)(=O)N=C2S[C@H](CC(=O)Nc3ccccc3)C(=O)N2c2ccccc2)cc1. The molecule has 168 valence electrons. The summed E-state index contributed by atoms with van der Waals surface area (Å²) in [6.07, 6.45) is -0.120. The van der Waals surface area contributed by atoms with E-state index in [0.29, 0.717) is 11.4 Å². The van der Waals surface area contributed by atoms with Crippen LogP contribution in [0, 0.1) is 6.92 Å². The van der Waals surface area contributed by atoms with E-state index < -0.39 is 21.2 Å². The molecule has 0 saturated carbocycles. The Morgan fingerprint density at radius 3 is 2.21 bits per heavy atom. The Hall–Kier alpha value is -3.43. The van der Waals surface area contributed by atoms with Crippen molar-refractivity contribution in [2.45, 2.75) is 23.5 Å². The first kappa shape index (κ1) is 22.8. The van der Waals surface area contributed by atoms with Gasteiger partial charge < -0.3 is 5.32 Å². The van der Waals surface area contributed by atoms with E-state index >= 15 is 0 Å². The molecule has 33 heavy (non-hydrogen) atoms. The van der Waals surface area contributed by atoms with Gasteiger partial charge in [0.15, 0.2) is 5.17 Å². The molecule has 9 heteroatoms. The summed E-state index contributed by atoms with van der Waals surface area (Å²) >= 11 is 0.972. The summed E-state index contributed by atoms with van der Waals surface area (Å²) in [5.74, 6) is -0.741. The van der Waals surface area contributed by atoms with E-state index in [1.54, 1.807) is 66.7 Å². The van der Waals surface area contributed by atoms with Gasteiger partial charge in [-0.3, -0.25) is 14.5 Å². The zero-order valence-corrected chi connectivity index (χ0v) is 19.3. The number of aryl methyl sites for hydroxylation is 1. The number of nitrogens with one attached hydrogen (secondary N) is 1. The molecule has 0 spiro atoms. The van der Waals surface area contributed by atoms with Crippen molar-refractivity contribution in [2.75, 3.05) is 10.2 Å². The number of hydrogen-bond donors (Lipinski definition) is 1. The molecule has 0 aromatic heterocycles. The lowest BCUT2D eigenvalue weighted by Gasteiger charge is -2.16. The smallest absolute Gasteiger partial charge is 0.284 e. The molecular weight excluding hydrogens is 458 g/mol. The molecule has 2 amide bonds. The fourth-order valence-corrected chi connectivity index (χ4v) is 5.58. The number of anilines is 2. The molecule has 0 bridgehead atoms. The van der Waals surface area contributed by atoms with E-state index in [2.05, 4.69) is 9.71 Å². The van der Waals surface area contributed by atoms with Crippen LogP contribution in [-0.4, -0.2) is 30.6 Å². The van der Waals surface area contributed by atoms with Gasteiger partial charge in [0.05, 0.1) is 10.6 Å². The number of amides is 2. The lowest BCUT2D eigenvalue weighted by Crippen LogP contribution is -2.33. The highest BCUT2D eigenvalue weighted by Crippen LogP contribution is 2.35. The second-order valence-electron chi connectivity index (χ2n) is 7.40. The van der Waals surface area contributed by atoms with Crippen LogP contribution < -0.4 is 10.2 Å². The average molecular weight is 480 g/mol. The van der Waals surface area contributed by atoms with Gasteiger partial charge in [-0.05, 0) is 43.3 Å². The number of thioether (sulfide) groups is 1. The van der Waals surface area contributed by atoms with E-state index in [4.69, 9.17) is 0 Å². The van der Waals surface area contributed by atoms with E-state index in [9.17, 15) is 18.0 Å². The molecule has 1 heterocycles. The first-order valence-corrected chi connectivity index (χ1v) is 12.5. The predicted molar refractivity (Wildman–Crippen MR) is 131 cm³/mol. The number of amidine groups is 1. The number of benzene rings is 3. The maximum absolute atomic E-state index is 13.2. The van der Waals surface area contributed by atoms with Crippen LogP contribution >= 0.6 is 11.8 Å². The van der Waals surface area contributed by atoms with Crippen LogP contribution in [0.3, 0.4) is 0 Å². The third-order valence-electron chi connectivity index (χ3n) is 4.89. The number of para-hydroxylation sites is 2. The van der Waals surface area contributed by atoms with Crippen LogP contribution in [0.15, 0.2) is 94.2 Å². The number of hydrogen-bond acceptors (Lipinski definition) is 5. The Morgan fingerprint density at radius 1 is 0.970 bits per heavy atom. The van der Waals surface area contributed by atoms with E-state index in [1.165, 1.54) is 17.0 Å². The quantitative estimate of drug-likeness (QED) is 0.571. The predicted octanol–water partition coefficient (Wildman–Crippen LogP) is 4.22. The summed E-state index contributed by atoms with van der Waals surface area (Å²) in [4.78, 5) is 27.1. The summed E-state index contributed by atoms with van der Waals surface area (Å²) in [6, 6.07) is 23.9. The highest BCUT2D eigenvalue weighted by Gasteiger charge is 2.41. The molecule has 1 aliphatic rings. The number of rotatable bonds is 6. The highest BCUT2D eigenvalue weighted by molar-refractivity contribution is 8.16. The maximum Gasteiger partial charge on any atom is 0.284 e. The molecule has 7 nitrogen and oxygen atoms in total. The third kappa shape index (κ3) is 5.32. The molecule has 3 aromatic rings. The summed E-state index contributed by atoms with van der Waals surface area (Å²) in [5.41, 5.74) is 2.02. The van der Waals surface area contributed by atoms with Gasteiger partial charge in [0, 0.05) is 12.1 Å². The monoisotopic (exact) mass is 479 g/mol. The normalized spacial score (nSPS) is 17.4. The molecule has 1 atom stereocenters. The van der Waals surface area contributed by atoms with Crippen molar-refractivity contribution in [1.29, 1.82) is 0 Å². The lowest BCUT2D eigenvalue weighted by molar-refractivity contribution is -0.121. The average Bonchev–Trinajstić information content (AvgIpc) is 3.09. The lowest BCUT2D eigenvalue weighted by atomic mass is 10.2. The molecule has 0 radical (unpaired) electrons. The second-order valence-corrected chi connectivity index (χ2v) is 10.2. The van der Waals surface area contributed by atoms with Crippen LogP contribution in [0.2, 0.25) is 0 Å². The Bertz CT molecular complexity index is 1290. The van der Waals surface area contributed by atoms with E-state index in [-0.39, 0.29) is 22.4 Å². The molecule has 1 fully saturated rings. The van der Waals surface area contributed by atoms with Crippen LogP contribution in [0.25, 0.3) is 0 Å². The van der Waals surface area contributed by atoms with Crippen molar-refractivity contribution in [3.05, 3.63) is 90.5 Å². The van der Waals surface area contributed by atoms with Crippen molar-refractivity contribution in [3.63, 3.8) is 0 Å². The number of carbonyl (C=O) groups excluding carboxylic acids is 2. The summed E-state index contributed by atoms with van der Waals surface area (Å²) in [7, 11) is -4.05. The number of nitrogens with zero attached hydrogens (tertiary/aromatic N) is 2. The van der Waals surface area contributed by atoms with Gasteiger partial charge in [-0.1, -0.05) is 65.9 Å². The zero-order valence-electron chi connectivity index (χ0n) is 17.7. The van der Waals surface area contributed by atoms with Crippen LogP contribution in [0.5, 0.6) is 0 Å². The third-order valence-corrected chi connectivity index (χ3v) is 7.43. The molecule has 4 rings (SSSR count). The van der Waals surface area contributed by atoms with Gasteiger partial charge in [-0.25, -0.2) is 0 Å². The van der Waals surface area contributed by atoms with Gasteiger partial charge in [0.1, 0.15) is 5.25 Å². The van der Waals surface area contributed by atoms with Gasteiger partial charge in [-0.15, -0.1) is 4.40 Å². The van der Waals surface area contributed by atoms with Crippen molar-refractivity contribution < 1.29 is 18.0 Å². The molecule has 1 saturated heterocycles. The minimum Gasteiger partial charge on any atom is -0.326 e. The molecule has 0 aliphatic carbocycles. The Labute approximate surface area is 196 Å². The van der Waals surface area contributed by atoms with Crippen LogP contribution in [0.1, 0.15) is 12.0 Å². The zero-order chi connectivity index (χ0) is 23.4. The van der Waals surface area contributed by atoms with Crippen molar-refractivity contribution >= 4 is 50.1 Å². The summed E-state index contributed by atoms with van der Waals surface area (Å²) < 4.78 is 29.9. The topological polar surface area (TPSA) is 95.9 Å². The Balaban J connectivity index is 1.63. The van der Waals surface area contributed by atoms with Crippen LogP contribution in [-0.2, 0) is 19.6 Å². The van der Waals surface area contributed by atoms with Crippen LogP contribution in [0.4, 0.5) is 11.4 Å². The molecule has 1 aliphatic heterocycles. The van der Waals surface area contributed by atoms with E-state index in [1.807, 2.05) is 13.0 Å². The fourth-order valence-electron chi connectivity index (χ4n) is 3.24. The largest absolute Gasteiger partial charge is 0.326 e. The number of carbonyl (C=O) groups is 2. The van der Waals surface area contributed by atoms with E-state index in [0.717, 1.165) is 17.3 Å². The summed E-state index contributed by atoms with van der Waals surface area (Å²) in [6.45, 7) is 1.86. The highest BCUT2D eigenvalue weighted by atomic mass is 32.2. The minimum atomic E-state index is -4.05. The van der Waals surface area contributed by atoms with Gasteiger partial charge in [0.2, 0.25) is 11.8 Å². The van der Waals surface area contributed by atoms with Crippen molar-refractivity contribution in [3.8, 4) is 0 Å². The minimum absolute atomic E-state index is 0.0179. The first-order valence-electron chi connectivity index (χ1n) is 10.2. The van der Waals surface area contributed by atoms with Gasteiger partial charge in [-0.2, -0.15) is 8.42 Å². The number of sulfonamides is 1. The van der Waals surface area contributed by atoms with Gasteiger partial charge in [0.25, 0.3) is 10.0 Å². The molecule has 1 N–H and O–H groups in total. The second kappa shape index (κ2) is 9.60. The standard InChI is InChI=1S/C24H21N3O4S2/c1-17-12-14-20(15-13-17)33(30,31)26-24-27(19-10-6-3-7-11-19)23(29)21(32-24)16-22(28)25-18-8-4-2-5-9-18/h2-15,21H,16H2,1H3,(H,25,28)/t21-/m1/s1.